The van der Waals surface area contributed by atoms with Gasteiger partial charge in [0.25, 0.3) is 0 Å². The van der Waals surface area contributed by atoms with Crippen LogP contribution in [0.2, 0.25) is 5.15 Å². The Bertz CT molecular complexity index is 534. The summed E-state index contributed by atoms with van der Waals surface area (Å²) < 4.78 is 1.82. The van der Waals surface area contributed by atoms with Crippen molar-refractivity contribution in [2.75, 3.05) is 6.61 Å². The fraction of sp³-hybridized carbons (Fsp3) is 0.308. The van der Waals surface area contributed by atoms with E-state index in [2.05, 4.69) is 4.98 Å². The van der Waals surface area contributed by atoms with Gasteiger partial charge < -0.3 is 9.67 Å². The highest BCUT2D eigenvalue weighted by molar-refractivity contribution is 6.32. The number of benzene rings is 1. The van der Waals surface area contributed by atoms with Crippen molar-refractivity contribution >= 4 is 11.6 Å². The molecule has 0 bridgehead atoms. The van der Waals surface area contributed by atoms with Gasteiger partial charge in [0.15, 0.2) is 0 Å². The monoisotopic (exact) mass is 250 g/mol. The molecule has 1 aromatic heterocycles. The summed E-state index contributed by atoms with van der Waals surface area (Å²) in [6, 6.07) is 8.00. The van der Waals surface area contributed by atoms with Crippen LogP contribution in [0.25, 0.3) is 11.3 Å². The third-order valence-corrected chi connectivity index (χ3v) is 3.29. The number of hydrogen-bond donors (Lipinski definition) is 1. The second-order valence-electron chi connectivity index (χ2n) is 4.01. The average Bonchev–Trinajstić information content (AvgIpc) is 2.59. The molecular formula is C13H15ClN2O. The second kappa shape index (κ2) is 4.90. The second-order valence-corrected chi connectivity index (χ2v) is 4.37. The molecule has 0 fully saturated rings. The Morgan fingerprint density at radius 3 is 2.71 bits per heavy atom. The Kier molecular flexibility index (Phi) is 3.50. The Morgan fingerprint density at radius 2 is 2.06 bits per heavy atom. The van der Waals surface area contributed by atoms with E-state index in [4.69, 9.17) is 16.7 Å². The van der Waals surface area contributed by atoms with Gasteiger partial charge in [-0.15, -0.1) is 0 Å². The van der Waals surface area contributed by atoms with E-state index in [1.165, 1.54) is 0 Å². The molecule has 1 heterocycles. The molecule has 1 aromatic carbocycles. The minimum absolute atomic E-state index is 0.0778. The zero-order valence-corrected chi connectivity index (χ0v) is 10.7. The molecule has 0 unspecified atom stereocenters. The lowest BCUT2D eigenvalue weighted by atomic mass is 10.1. The van der Waals surface area contributed by atoms with Gasteiger partial charge in [-0.25, -0.2) is 4.98 Å². The van der Waals surface area contributed by atoms with Gasteiger partial charge in [-0.05, 0) is 12.5 Å². The summed E-state index contributed by atoms with van der Waals surface area (Å²) in [4.78, 5) is 4.50. The molecule has 1 N–H and O–H groups in total. The van der Waals surface area contributed by atoms with Gasteiger partial charge in [-0.1, -0.05) is 35.9 Å². The molecule has 4 heteroatoms. The standard InChI is InChI=1S/C13H15ClN2O/c1-9-5-3-4-6-10(9)12-13(14)16(2)11(15-12)7-8-17/h3-6,17H,7-8H2,1-2H3. The predicted octanol–water partition coefficient (Wildman–Crippen LogP) is 2.58. The lowest BCUT2D eigenvalue weighted by Crippen LogP contribution is -2.00. The highest BCUT2D eigenvalue weighted by Gasteiger charge is 2.15. The van der Waals surface area contributed by atoms with Gasteiger partial charge >= 0.3 is 0 Å². The predicted molar refractivity (Wildman–Crippen MR) is 69.2 cm³/mol. The first-order chi connectivity index (χ1) is 8.15. The number of aliphatic hydroxyl groups excluding tert-OH is 1. The van der Waals surface area contributed by atoms with Gasteiger partial charge in [0.2, 0.25) is 0 Å². The number of hydrogen-bond acceptors (Lipinski definition) is 2. The molecule has 0 aliphatic carbocycles. The fourth-order valence-electron chi connectivity index (χ4n) is 1.86. The van der Waals surface area contributed by atoms with Crippen molar-refractivity contribution < 1.29 is 5.11 Å². The number of aryl methyl sites for hydroxylation is 1. The lowest BCUT2D eigenvalue weighted by molar-refractivity contribution is 0.295. The molecule has 0 aliphatic heterocycles. The minimum atomic E-state index is 0.0778. The van der Waals surface area contributed by atoms with Crippen molar-refractivity contribution in [2.45, 2.75) is 13.3 Å². The van der Waals surface area contributed by atoms with E-state index in [0.717, 1.165) is 22.6 Å². The minimum Gasteiger partial charge on any atom is -0.396 e. The van der Waals surface area contributed by atoms with Crippen LogP contribution in [0, 0.1) is 6.92 Å². The number of aliphatic hydroxyl groups is 1. The molecule has 0 atom stereocenters. The van der Waals surface area contributed by atoms with Gasteiger partial charge in [0.1, 0.15) is 16.7 Å². The van der Waals surface area contributed by atoms with Crippen LogP contribution in [0.1, 0.15) is 11.4 Å². The molecule has 2 rings (SSSR count). The maximum absolute atomic E-state index is 8.97. The molecule has 3 nitrogen and oxygen atoms in total. The van der Waals surface area contributed by atoms with Crippen LogP contribution in [0.3, 0.4) is 0 Å². The van der Waals surface area contributed by atoms with E-state index in [-0.39, 0.29) is 6.61 Å². The van der Waals surface area contributed by atoms with Crippen LogP contribution in [-0.2, 0) is 13.5 Å². The van der Waals surface area contributed by atoms with Crippen LogP contribution in [0.5, 0.6) is 0 Å². The highest BCUT2D eigenvalue weighted by Crippen LogP contribution is 2.29. The maximum Gasteiger partial charge on any atom is 0.136 e. The average molecular weight is 251 g/mol. The molecule has 90 valence electrons. The number of aromatic nitrogens is 2. The Labute approximate surface area is 106 Å². The first-order valence-corrected chi connectivity index (χ1v) is 5.91. The summed E-state index contributed by atoms with van der Waals surface area (Å²) in [6.07, 6.45) is 0.516. The fourth-order valence-corrected chi connectivity index (χ4v) is 2.10. The summed E-state index contributed by atoms with van der Waals surface area (Å²) >= 11 is 6.27. The normalized spacial score (nSPS) is 10.8. The third-order valence-electron chi connectivity index (χ3n) is 2.85. The van der Waals surface area contributed by atoms with Crippen LogP contribution >= 0.6 is 11.6 Å². The van der Waals surface area contributed by atoms with Crippen molar-refractivity contribution in [3.63, 3.8) is 0 Å². The number of nitrogens with zero attached hydrogens (tertiary/aromatic N) is 2. The quantitative estimate of drug-likeness (QED) is 0.909. The maximum atomic E-state index is 8.97. The molecule has 17 heavy (non-hydrogen) atoms. The van der Waals surface area contributed by atoms with Crippen molar-refractivity contribution in [1.29, 1.82) is 0 Å². The van der Waals surface area contributed by atoms with Gasteiger partial charge in [-0.3, -0.25) is 0 Å². The Morgan fingerprint density at radius 1 is 1.35 bits per heavy atom. The zero-order valence-electron chi connectivity index (χ0n) is 9.94. The van der Waals surface area contributed by atoms with Crippen LogP contribution in [0.4, 0.5) is 0 Å². The van der Waals surface area contributed by atoms with Gasteiger partial charge in [0, 0.05) is 19.0 Å². The molecule has 0 saturated heterocycles. The van der Waals surface area contributed by atoms with Crippen LogP contribution < -0.4 is 0 Å². The van der Waals surface area contributed by atoms with Crippen molar-refractivity contribution in [2.24, 2.45) is 7.05 Å². The van der Waals surface area contributed by atoms with E-state index in [0.29, 0.717) is 11.6 Å². The van der Waals surface area contributed by atoms with Gasteiger partial charge in [-0.2, -0.15) is 0 Å². The van der Waals surface area contributed by atoms with Crippen molar-refractivity contribution in [3.05, 3.63) is 40.8 Å². The summed E-state index contributed by atoms with van der Waals surface area (Å²) in [6.45, 7) is 2.11. The summed E-state index contributed by atoms with van der Waals surface area (Å²) in [5, 5.41) is 9.59. The molecule has 0 amide bonds. The van der Waals surface area contributed by atoms with Crippen LogP contribution in [-0.4, -0.2) is 21.3 Å². The number of rotatable bonds is 3. The van der Waals surface area contributed by atoms with E-state index in [9.17, 15) is 0 Å². The molecule has 2 aromatic rings. The van der Waals surface area contributed by atoms with E-state index >= 15 is 0 Å². The van der Waals surface area contributed by atoms with Crippen molar-refractivity contribution in [1.82, 2.24) is 9.55 Å². The molecule has 0 saturated carbocycles. The molecule has 0 radical (unpaired) electrons. The smallest absolute Gasteiger partial charge is 0.136 e. The van der Waals surface area contributed by atoms with E-state index in [1.54, 1.807) is 0 Å². The van der Waals surface area contributed by atoms with E-state index in [1.807, 2.05) is 42.8 Å². The molecule has 0 aliphatic rings. The summed E-state index contributed by atoms with van der Waals surface area (Å²) in [5.41, 5.74) is 2.97. The van der Waals surface area contributed by atoms with Crippen molar-refractivity contribution in [3.8, 4) is 11.3 Å². The third kappa shape index (κ3) is 2.21. The topological polar surface area (TPSA) is 38.1 Å². The molecule has 0 spiro atoms. The lowest BCUT2D eigenvalue weighted by Gasteiger charge is -2.02. The van der Waals surface area contributed by atoms with E-state index < -0.39 is 0 Å². The van der Waals surface area contributed by atoms with Gasteiger partial charge in [0.05, 0.1) is 6.61 Å². The Balaban J connectivity index is 2.53. The number of imidazole rings is 1. The first-order valence-electron chi connectivity index (χ1n) is 5.53. The SMILES string of the molecule is Cc1ccccc1-c1nc(CCO)n(C)c1Cl. The molecular weight excluding hydrogens is 236 g/mol. The first kappa shape index (κ1) is 12.1. The number of halogens is 1. The Hall–Kier alpha value is -1.32. The summed E-state index contributed by atoms with van der Waals surface area (Å²) in [5.74, 6) is 0.802. The zero-order chi connectivity index (χ0) is 12.4. The largest absolute Gasteiger partial charge is 0.396 e. The van der Waals surface area contributed by atoms with Crippen LogP contribution in [0.15, 0.2) is 24.3 Å². The summed E-state index contributed by atoms with van der Waals surface area (Å²) in [7, 11) is 1.86. The highest BCUT2D eigenvalue weighted by atomic mass is 35.5.